The highest BCUT2D eigenvalue weighted by atomic mass is 32.2. The molecule has 0 spiro atoms. The van der Waals surface area contributed by atoms with E-state index < -0.39 is 21.0 Å². The van der Waals surface area contributed by atoms with Gasteiger partial charge in [-0.3, -0.25) is 4.79 Å². The molecule has 0 aromatic heterocycles. The van der Waals surface area contributed by atoms with E-state index in [2.05, 4.69) is 5.32 Å². The number of nitrogens with one attached hydrogen (secondary N) is 1. The van der Waals surface area contributed by atoms with Crippen LogP contribution in [0.25, 0.3) is 0 Å². The SMILES string of the molecule is CC(C(=O)NCC1CCOC1)S(C)(=O)=O. The van der Waals surface area contributed by atoms with Crippen LogP contribution < -0.4 is 5.32 Å². The summed E-state index contributed by atoms with van der Waals surface area (Å²) in [5, 5.41) is 1.66. The molecule has 0 aromatic rings. The van der Waals surface area contributed by atoms with Crippen LogP contribution in [0.1, 0.15) is 13.3 Å². The van der Waals surface area contributed by atoms with Crippen LogP contribution in [-0.4, -0.2) is 45.6 Å². The molecule has 1 fully saturated rings. The first-order valence-electron chi connectivity index (χ1n) is 4.95. The Morgan fingerprint density at radius 1 is 1.60 bits per heavy atom. The van der Waals surface area contributed by atoms with Gasteiger partial charge in [0.05, 0.1) is 6.61 Å². The summed E-state index contributed by atoms with van der Waals surface area (Å²) in [6.45, 7) is 3.27. The average molecular weight is 235 g/mol. The molecule has 2 atom stereocenters. The lowest BCUT2D eigenvalue weighted by atomic mass is 10.1. The Morgan fingerprint density at radius 3 is 2.73 bits per heavy atom. The Morgan fingerprint density at radius 2 is 2.27 bits per heavy atom. The monoisotopic (exact) mass is 235 g/mol. The molecule has 1 N–H and O–H groups in total. The van der Waals surface area contributed by atoms with Crippen LogP contribution >= 0.6 is 0 Å². The fourth-order valence-corrected chi connectivity index (χ4v) is 1.80. The van der Waals surface area contributed by atoms with Gasteiger partial charge in [0.25, 0.3) is 0 Å². The minimum Gasteiger partial charge on any atom is -0.381 e. The zero-order chi connectivity index (χ0) is 11.5. The maximum Gasteiger partial charge on any atom is 0.238 e. The second-order valence-corrected chi connectivity index (χ2v) is 6.31. The lowest BCUT2D eigenvalue weighted by Crippen LogP contribution is -2.39. The first kappa shape index (κ1) is 12.4. The third kappa shape index (κ3) is 3.79. The molecule has 1 amide bonds. The second kappa shape index (κ2) is 4.94. The minimum absolute atomic E-state index is 0.320. The summed E-state index contributed by atoms with van der Waals surface area (Å²) < 4.78 is 27.3. The van der Waals surface area contributed by atoms with Gasteiger partial charge in [-0.1, -0.05) is 0 Å². The van der Waals surface area contributed by atoms with Crippen molar-refractivity contribution in [2.24, 2.45) is 5.92 Å². The fraction of sp³-hybridized carbons (Fsp3) is 0.889. The summed E-state index contributed by atoms with van der Waals surface area (Å²) in [6, 6.07) is 0. The molecule has 0 saturated carbocycles. The normalized spacial score (nSPS) is 23.7. The summed E-state index contributed by atoms with van der Waals surface area (Å²) in [4.78, 5) is 11.4. The van der Waals surface area contributed by atoms with Gasteiger partial charge in [0.2, 0.25) is 5.91 Å². The van der Waals surface area contributed by atoms with Crippen molar-refractivity contribution in [2.75, 3.05) is 26.0 Å². The van der Waals surface area contributed by atoms with Crippen molar-refractivity contribution in [1.29, 1.82) is 0 Å². The maximum absolute atomic E-state index is 11.4. The summed E-state index contributed by atoms with van der Waals surface area (Å²) in [5.74, 6) is -0.106. The van der Waals surface area contributed by atoms with E-state index in [-0.39, 0.29) is 0 Å². The van der Waals surface area contributed by atoms with Crippen LogP contribution in [0.5, 0.6) is 0 Å². The zero-order valence-electron chi connectivity index (χ0n) is 9.02. The van der Waals surface area contributed by atoms with Crippen molar-refractivity contribution in [3.8, 4) is 0 Å². The molecule has 0 aromatic carbocycles. The number of ether oxygens (including phenoxy) is 1. The van der Waals surface area contributed by atoms with Crippen molar-refractivity contribution in [3.63, 3.8) is 0 Å². The third-order valence-electron chi connectivity index (χ3n) is 2.60. The van der Waals surface area contributed by atoms with E-state index >= 15 is 0 Å². The van der Waals surface area contributed by atoms with Crippen LogP contribution in [0.3, 0.4) is 0 Å². The number of rotatable bonds is 4. The number of carbonyl (C=O) groups excluding carboxylic acids is 1. The van der Waals surface area contributed by atoms with Gasteiger partial charge in [-0.15, -0.1) is 0 Å². The molecule has 1 aliphatic rings. The molecule has 0 bridgehead atoms. The molecule has 1 heterocycles. The van der Waals surface area contributed by atoms with Crippen LogP contribution in [0, 0.1) is 5.92 Å². The molecule has 6 heteroatoms. The van der Waals surface area contributed by atoms with Crippen LogP contribution in [-0.2, 0) is 19.4 Å². The van der Waals surface area contributed by atoms with Gasteiger partial charge in [-0.2, -0.15) is 0 Å². The third-order valence-corrected chi connectivity index (χ3v) is 4.10. The Balaban J connectivity index is 2.35. The molecular formula is C9H17NO4S. The lowest BCUT2D eigenvalue weighted by molar-refractivity contribution is -0.120. The summed E-state index contributed by atoms with van der Waals surface area (Å²) in [5.41, 5.74) is 0. The Kier molecular flexibility index (Phi) is 4.10. The van der Waals surface area contributed by atoms with E-state index in [0.717, 1.165) is 19.3 Å². The van der Waals surface area contributed by atoms with Crippen molar-refractivity contribution in [3.05, 3.63) is 0 Å². The molecular weight excluding hydrogens is 218 g/mol. The largest absolute Gasteiger partial charge is 0.381 e. The van der Waals surface area contributed by atoms with Gasteiger partial charge in [-0.25, -0.2) is 8.42 Å². The first-order chi connectivity index (χ1) is 6.91. The Labute approximate surface area is 90.1 Å². The average Bonchev–Trinajstić information content (AvgIpc) is 2.63. The van der Waals surface area contributed by atoms with Gasteiger partial charge in [-0.05, 0) is 13.3 Å². The fourth-order valence-electron chi connectivity index (χ4n) is 1.33. The van der Waals surface area contributed by atoms with E-state index in [9.17, 15) is 13.2 Å². The zero-order valence-corrected chi connectivity index (χ0v) is 9.84. The molecule has 15 heavy (non-hydrogen) atoms. The topological polar surface area (TPSA) is 72.5 Å². The maximum atomic E-state index is 11.4. The highest BCUT2D eigenvalue weighted by molar-refractivity contribution is 7.92. The number of hydrogen-bond acceptors (Lipinski definition) is 4. The van der Waals surface area contributed by atoms with E-state index in [1.165, 1.54) is 6.92 Å². The van der Waals surface area contributed by atoms with Gasteiger partial charge < -0.3 is 10.1 Å². The summed E-state index contributed by atoms with van der Waals surface area (Å²) >= 11 is 0. The molecule has 0 radical (unpaired) electrons. The molecule has 1 aliphatic heterocycles. The van der Waals surface area contributed by atoms with Gasteiger partial charge >= 0.3 is 0 Å². The summed E-state index contributed by atoms with van der Waals surface area (Å²) in [6.07, 6.45) is 1.99. The Hall–Kier alpha value is -0.620. The highest BCUT2D eigenvalue weighted by Crippen LogP contribution is 2.10. The number of carbonyl (C=O) groups is 1. The minimum atomic E-state index is -3.29. The standard InChI is InChI=1S/C9H17NO4S/c1-7(15(2,12)13)9(11)10-5-8-3-4-14-6-8/h7-8H,3-6H2,1-2H3,(H,10,11). The van der Waals surface area contributed by atoms with Crippen molar-refractivity contribution in [1.82, 2.24) is 5.32 Å². The van der Waals surface area contributed by atoms with E-state index in [4.69, 9.17) is 4.74 Å². The molecule has 1 saturated heterocycles. The van der Waals surface area contributed by atoms with Gasteiger partial charge in [0, 0.05) is 25.3 Å². The van der Waals surface area contributed by atoms with E-state index in [1.807, 2.05) is 0 Å². The number of sulfone groups is 1. The number of hydrogen-bond donors (Lipinski definition) is 1. The van der Waals surface area contributed by atoms with Gasteiger partial charge in [0.15, 0.2) is 9.84 Å². The number of amides is 1. The molecule has 2 unspecified atom stereocenters. The Bertz CT molecular complexity index is 319. The molecule has 5 nitrogen and oxygen atoms in total. The predicted octanol–water partition coefficient (Wildman–Crippen LogP) is -0.428. The highest BCUT2D eigenvalue weighted by Gasteiger charge is 2.24. The lowest BCUT2D eigenvalue weighted by Gasteiger charge is -2.12. The van der Waals surface area contributed by atoms with Gasteiger partial charge in [0.1, 0.15) is 5.25 Å². The first-order valence-corrected chi connectivity index (χ1v) is 6.91. The smallest absolute Gasteiger partial charge is 0.238 e. The van der Waals surface area contributed by atoms with Crippen molar-refractivity contribution >= 4 is 15.7 Å². The van der Waals surface area contributed by atoms with Crippen LogP contribution in [0.15, 0.2) is 0 Å². The molecule has 1 rings (SSSR count). The van der Waals surface area contributed by atoms with Crippen LogP contribution in [0.4, 0.5) is 0 Å². The van der Waals surface area contributed by atoms with Crippen molar-refractivity contribution in [2.45, 2.75) is 18.6 Å². The second-order valence-electron chi connectivity index (χ2n) is 3.95. The van der Waals surface area contributed by atoms with E-state index in [0.29, 0.717) is 19.1 Å². The molecule has 88 valence electrons. The van der Waals surface area contributed by atoms with Crippen molar-refractivity contribution < 1.29 is 17.9 Å². The quantitative estimate of drug-likeness (QED) is 0.718. The predicted molar refractivity (Wildman–Crippen MR) is 56.2 cm³/mol. The summed E-state index contributed by atoms with van der Waals surface area (Å²) in [7, 11) is -3.29. The van der Waals surface area contributed by atoms with Crippen LogP contribution in [0.2, 0.25) is 0 Å². The van der Waals surface area contributed by atoms with E-state index in [1.54, 1.807) is 0 Å². The molecule has 0 aliphatic carbocycles.